The summed E-state index contributed by atoms with van der Waals surface area (Å²) < 4.78 is 12.8. The average molecular weight is 245 g/mol. The first-order chi connectivity index (χ1) is 7.54. The highest BCUT2D eigenvalue weighted by Gasteiger charge is 2.28. The van der Waals surface area contributed by atoms with E-state index in [-0.39, 0.29) is 12.1 Å². The highest BCUT2D eigenvalue weighted by molar-refractivity contribution is 7.44. The standard InChI is InChI=1S/C10H20N3O2P/c1-9(2)13(10(3)4)16(15-12-5)14-8-6-7-11/h9-10H,5-6,8H2,1-4H3. The maximum atomic E-state index is 8.45. The van der Waals surface area contributed by atoms with Gasteiger partial charge in [-0.05, 0) is 27.7 Å². The second kappa shape index (κ2) is 8.46. The van der Waals surface area contributed by atoms with Crippen molar-refractivity contribution >= 4 is 15.2 Å². The fraction of sp³-hybridized carbons (Fsp3) is 0.800. The normalized spacial score (nSPS) is 12.9. The molecule has 0 aliphatic carbocycles. The molecule has 16 heavy (non-hydrogen) atoms. The first kappa shape index (κ1) is 15.3. The largest absolute Gasteiger partial charge is 0.347 e. The van der Waals surface area contributed by atoms with E-state index in [1.54, 1.807) is 0 Å². The Balaban J connectivity index is 4.45. The van der Waals surface area contributed by atoms with Gasteiger partial charge in [0.15, 0.2) is 0 Å². The zero-order valence-corrected chi connectivity index (χ0v) is 11.3. The monoisotopic (exact) mass is 245 g/mol. The maximum absolute atomic E-state index is 8.45. The van der Waals surface area contributed by atoms with Crippen LogP contribution < -0.4 is 0 Å². The number of oxime groups is 1. The van der Waals surface area contributed by atoms with Crippen LogP contribution in [0.25, 0.3) is 0 Å². The van der Waals surface area contributed by atoms with Gasteiger partial charge in [0.2, 0.25) is 0 Å². The number of nitriles is 1. The summed E-state index contributed by atoms with van der Waals surface area (Å²) in [6, 6.07) is 2.60. The number of hydrogen-bond donors (Lipinski definition) is 0. The SMILES string of the molecule is C=NOP(OCCC#N)N(C(C)C)C(C)C. The van der Waals surface area contributed by atoms with Gasteiger partial charge in [0.05, 0.1) is 19.1 Å². The third kappa shape index (κ3) is 5.41. The zero-order valence-electron chi connectivity index (χ0n) is 10.4. The topological polar surface area (TPSA) is 57.9 Å². The third-order valence-electron chi connectivity index (χ3n) is 1.79. The molecule has 0 bridgehead atoms. The van der Waals surface area contributed by atoms with Crippen molar-refractivity contribution in [2.45, 2.75) is 46.2 Å². The first-order valence-electron chi connectivity index (χ1n) is 5.26. The minimum absolute atomic E-state index is 0.287. The molecule has 0 saturated heterocycles. The summed E-state index contributed by atoms with van der Waals surface area (Å²) in [5.41, 5.74) is 0. The lowest BCUT2D eigenvalue weighted by Crippen LogP contribution is -2.33. The molecule has 0 radical (unpaired) electrons. The van der Waals surface area contributed by atoms with Gasteiger partial charge in [0.25, 0.3) is 0 Å². The highest BCUT2D eigenvalue weighted by Crippen LogP contribution is 2.45. The fourth-order valence-electron chi connectivity index (χ4n) is 1.32. The Labute approximate surface area is 99.0 Å². The van der Waals surface area contributed by atoms with Crippen molar-refractivity contribution in [2.75, 3.05) is 6.61 Å². The Hall–Kier alpha value is -0.690. The summed E-state index contributed by atoms with van der Waals surface area (Å²) in [5.74, 6) is 0. The molecule has 0 aliphatic heterocycles. The van der Waals surface area contributed by atoms with Crippen LogP contribution in [0, 0.1) is 11.3 Å². The van der Waals surface area contributed by atoms with Gasteiger partial charge in [-0.25, -0.2) is 4.67 Å². The maximum Gasteiger partial charge on any atom is 0.347 e. The van der Waals surface area contributed by atoms with Crippen LogP contribution in [0.4, 0.5) is 0 Å². The predicted octanol–water partition coefficient (Wildman–Crippen LogP) is 2.89. The number of hydrogen-bond acceptors (Lipinski definition) is 5. The Morgan fingerprint density at radius 3 is 2.31 bits per heavy atom. The molecule has 0 saturated carbocycles. The highest BCUT2D eigenvalue weighted by atomic mass is 31.2. The Morgan fingerprint density at radius 2 is 1.94 bits per heavy atom. The second-order valence-electron chi connectivity index (χ2n) is 3.76. The van der Waals surface area contributed by atoms with Crippen LogP contribution in [-0.4, -0.2) is 30.1 Å². The van der Waals surface area contributed by atoms with Crippen molar-refractivity contribution in [2.24, 2.45) is 5.16 Å². The van der Waals surface area contributed by atoms with Crippen LogP contribution in [0.5, 0.6) is 0 Å². The fourth-order valence-corrected chi connectivity index (χ4v) is 2.69. The molecule has 0 spiro atoms. The molecule has 6 heteroatoms. The van der Waals surface area contributed by atoms with E-state index in [1.807, 2.05) is 6.07 Å². The van der Waals surface area contributed by atoms with Crippen molar-refractivity contribution in [3.63, 3.8) is 0 Å². The van der Waals surface area contributed by atoms with E-state index >= 15 is 0 Å². The average Bonchev–Trinajstić information content (AvgIpc) is 2.17. The molecule has 0 fully saturated rings. The van der Waals surface area contributed by atoms with E-state index in [9.17, 15) is 0 Å². The summed E-state index contributed by atoms with van der Waals surface area (Å²) >= 11 is 0. The number of nitrogens with zero attached hydrogens (tertiary/aromatic N) is 3. The molecular weight excluding hydrogens is 225 g/mol. The summed E-state index contributed by atoms with van der Waals surface area (Å²) in [4.78, 5) is 0. The molecule has 1 atom stereocenters. The minimum atomic E-state index is -1.26. The second-order valence-corrected chi connectivity index (χ2v) is 5.12. The molecule has 0 aliphatic rings. The molecular formula is C10H20N3O2P. The van der Waals surface area contributed by atoms with Crippen molar-refractivity contribution in [1.29, 1.82) is 5.26 Å². The molecule has 0 N–H and O–H groups in total. The van der Waals surface area contributed by atoms with Crippen LogP contribution in [-0.2, 0) is 9.15 Å². The van der Waals surface area contributed by atoms with Crippen LogP contribution in [0.3, 0.4) is 0 Å². The van der Waals surface area contributed by atoms with Crippen molar-refractivity contribution in [1.82, 2.24) is 4.67 Å². The van der Waals surface area contributed by atoms with E-state index in [2.05, 4.69) is 44.2 Å². The first-order valence-corrected chi connectivity index (χ1v) is 6.39. The molecule has 0 aromatic heterocycles. The predicted molar refractivity (Wildman–Crippen MR) is 65.8 cm³/mol. The lowest BCUT2D eigenvalue weighted by atomic mass is 10.3. The van der Waals surface area contributed by atoms with Gasteiger partial charge < -0.3 is 9.15 Å². The smallest absolute Gasteiger partial charge is 0.329 e. The lowest BCUT2D eigenvalue weighted by Gasteiger charge is -2.33. The van der Waals surface area contributed by atoms with Crippen LogP contribution >= 0.6 is 8.53 Å². The quantitative estimate of drug-likeness (QED) is 0.285. The van der Waals surface area contributed by atoms with Gasteiger partial charge in [0.1, 0.15) is 0 Å². The van der Waals surface area contributed by atoms with Gasteiger partial charge in [-0.15, -0.1) is 0 Å². The van der Waals surface area contributed by atoms with Crippen molar-refractivity contribution in [3.05, 3.63) is 0 Å². The molecule has 0 aromatic carbocycles. The van der Waals surface area contributed by atoms with Crippen LogP contribution in [0.15, 0.2) is 5.16 Å². The van der Waals surface area contributed by atoms with E-state index in [4.69, 9.17) is 14.4 Å². The van der Waals surface area contributed by atoms with Gasteiger partial charge in [-0.1, -0.05) is 5.16 Å². The van der Waals surface area contributed by atoms with E-state index in [0.717, 1.165) is 0 Å². The summed E-state index contributed by atoms with van der Waals surface area (Å²) in [6.45, 7) is 11.9. The lowest BCUT2D eigenvalue weighted by molar-refractivity contribution is 0.182. The molecule has 1 unspecified atom stereocenters. The Kier molecular flexibility index (Phi) is 8.10. The van der Waals surface area contributed by atoms with E-state index < -0.39 is 8.53 Å². The van der Waals surface area contributed by atoms with Crippen LogP contribution in [0.1, 0.15) is 34.1 Å². The molecule has 0 amide bonds. The van der Waals surface area contributed by atoms with E-state index in [0.29, 0.717) is 13.0 Å². The van der Waals surface area contributed by atoms with Crippen LogP contribution in [0.2, 0.25) is 0 Å². The van der Waals surface area contributed by atoms with Crippen molar-refractivity contribution < 1.29 is 9.15 Å². The van der Waals surface area contributed by atoms with Gasteiger partial charge in [-0.3, -0.25) is 0 Å². The molecule has 0 rings (SSSR count). The zero-order chi connectivity index (χ0) is 12.6. The van der Waals surface area contributed by atoms with Gasteiger partial charge >= 0.3 is 8.53 Å². The molecule has 92 valence electrons. The minimum Gasteiger partial charge on any atom is -0.329 e. The Bertz CT molecular complexity index is 233. The molecule has 5 nitrogen and oxygen atoms in total. The Morgan fingerprint density at radius 1 is 1.38 bits per heavy atom. The van der Waals surface area contributed by atoms with Crippen molar-refractivity contribution in [3.8, 4) is 6.07 Å². The van der Waals surface area contributed by atoms with Gasteiger partial charge in [-0.2, -0.15) is 5.26 Å². The number of rotatable bonds is 8. The summed E-state index contributed by atoms with van der Waals surface area (Å²) in [7, 11) is -1.26. The summed E-state index contributed by atoms with van der Waals surface area (Å²) in [6.07, 6.45) is 0.351. The summed E-state index contributed by atoms with van der Waals surface area (Å²) in [5, 5.41) is 11.9. The molecule has 0 aromatic rings. The third-order valence-corrected chi connectivity index (χ3v) is 3.75. The molecule has 0 heterocycles. The van der Waals surface area contributed by atoms with Gasteiger partial charge in [0, 0.05) is 18.8 Å². The van der Waals surface area contributed by atoms with E-state index in [1.165, 1.54) is 0 Å².